The Labute approximate surface area is 110 Å². The van der Waals surface area contributed by atoms with Gasteiger partial charge in [0.15, 0.2) is 0 Å². The zero-order valence-electron chi connectivity index (χ0n) is 11.6. The number of morpholine rings is 1. The van der Waals surface area contributed by atoms with Crippen molar-refractivity contribution in [2.75, 3.05) is 59.0 Å². The molecule has 2 aliphatic rings. The van der Waals surface area contributed by atoms with E-state index in [-0.39, 0.29) is 11.9 Å². The minimum Gasteiger partial charge on any atom is -0.377 e. The van der Waals surface area contributed by atoms with E-state index in [0.29, 0.717) is 19.8 Å². The highest BCUT2D eigenvalue weighted by Crippen LogP contribution is 2.08. The Morgan fingerprint density at radius 1 is 1.17 bits per heavy atom. The zero-order chi connectivity index (χ0) is 13.0. The molecule has 2 heterocycles. The van der Waals surface area contributed by atoms with Crippen molar-refractivity contribution in [2.24, 2.45) is 0 Å². The van der Waals surface area contributed by atoms with Crippen LogP contribution in [0.5, 0.6) is 0 Å². The summed E-state index contributed by atoms with van der Waals surface area (Å²) < 4.78 is 5.37. The largest absolute Gasteiger partial charge is 0.377 e. The maximum absolute atomic E-state index is 12.2. The lowest BCUT2D eigenvalue weighted by Gasteiger charge is -2.37. The fourth-order valence-electron chi connectivity index (χ4n) is 2.64. The van der Waals surface area contributed by atoms with E-state index in [0.717, 1.165) is 39.3 Å². The topological polar surface area (TPSA) is 36.0 Å². The van der Waals surface area contributed by atoms with Gasteiger partial charge in [0.25, 0.3) is 0 Å². The van der Waals surface area contributed by atoms with Gasteiger partial charge in [0.05, 0.1) is 25.8 Å². The van der Waals surface area contributed by atoms with Crippen LogP contribution < -0.4 is 0 Å². The molecule has 2 fully saturated rings. The molecule has 1 unspecified atom stereocenters. The van der Waals surface area contributed by atoms with Crippen LogP contribution in [0.25, 0.3) is 0 Å². The lowest BCUT2D eigenvalue weighted by molar-refractivity contribution is -0.140. The average Bonchev–Trinajstić information content (AvgIpc) is 2.40. The van der Waals surface area contributed by atoms with Crippen molar-refractivity contribution in [1.82, 2.24) is 14.7 Å². The predicted octanol–water partition coefficient (Wildman–Crippen LogP) is -0.129. The Morgan fingerprint density at radius 2 is 1.83 bits per heavy atom. The maximum Gasteiger partial charge on any atom is 0.237 e. The van der Waals surface area contributed by atoms with Crippen LogP contribution in [0, 0.1) is 0 Å². The summed E-state index contributed by atoms with van der Waals surface area (Å²) >= 11 is 0. The van der Waals surface area contributed by atoms with Crippen LogP contribution in [-0.2, 0) is 9.53 Å². The monoisotopic (exact) mass is 255 g/mol. The Morgan fingerprint density at radius 3 is 2.44 bits per heavy atom. The molecule has 1 atom stereocenters. The van der Waals surface area contributed by atoms with E-state index in [9.17, 15) is 4.79 Å². The first kappa shape index (κ1) is 13.8. The number of ether oxygens (including phenoxy) is 1. The third-order valence-corrected chi connectivity index (χ3v) is 3.96. The zero-order valence-corrected chi connectivity index (χ0v) is 11.6. The molecule has 0 aliphatic carbocycles. The number of amides is 1. The average molecular weight is 255 g/mol. The third-order valence-electron chi connectivity index (χ3n) is 3.96. The summed E-state index contributed by atoms with van der Waals surface area (Å²) in [5, 5.41) is 0. The second-order valence-electron chi connectivity index (χ2n) is 5.22. The molecule has 18 heavy (non-hydrogen) atoms. The van der Waals surface area contributed by atoms with Gasteiger partial charge in [-0.05, 0) is 13.5 Å². The highest BCUT2D eigenvalue weighted by molar-refractivity contribution is 5.78. The molecule has 5 nitrogen and oxygen atoms in total. The van der Waals surface area contributed by atoms with Crippen LogP contribution in [0.4, 0.5) is 0 Å². The highest BCUT2D eigenvalue weighted by Gasteiger charge is 2.26. The molecule has 0 radical (unpaired) electrons. The van der Waals surface area contributed by atoms with Crippen molar-refractivity contribution in [3.63, 3.8) is 0 Å². The molecule has 0 saturated carbocycles. The van der Waals surface area contributed by atoms with Gasteiger partial charge in [-0.3, -0.25) is 9.69 Å². The van der Waals surface area contributed by atoms with Gasteiger partial charge in [0.2, 0.25) is 5.91 Å². The Hall–Kier alpha value is -0.650. The second kappa shape index (κ2) is 6.50. The summed E-state index contributed by atoms with van der Waals surface area (Å²) in [6.45, 7) is 12.2. The van der Waals surface area contributed by atoms with Gasteiger partial charge in [-0.1, -0.05) is 6.92 Å². The molecule has 0 aromatic heterocycles. The molecular formula is C13H25N3O2. The van der Waals surface area contributed by atoms with Crippen molar-refractivity contribution >= 4 is 5.91 Å². The number of hydrogen-bond acceptors (Lipinski definition) is 4. The molecule has 0 N–H and O–H groups in total. The Kier molecular flexibility index (Phi) is 4.97. The molecular weight excluding hydrogens is 230 g/mol. The molecule has 0 aromatic carbocycles. The molecule has 0 bridgehead atoms. The number of nitrogens with zero attached hydrogens (tertiary/aromatic N) is 3. The lowest BCUT2D eigenvalue weighted by Crippen LogP contribution is -2.53. The van der Waals surface area contributed by atoms with E-state index in [1.54, 1.807) is 0 Å². The van der Waals surface area contributed by atoms with E-state index in [2.05, 4.69) is 23.6 Å². The fourth-order valence-corrected chi connectivity index (χ4v) is 2.64. The third kappa shape index (κ3) is 3.43. The number of piperazine rings is 1. The summed E-state index contributed by atoms with van der Waals surface area (Å²) in [5.41, 5.74) is 0. The van der Waals surface area contributed by atoms with Crippen LogP contribution in [-0.4, -0.2) is 85.7 Å². The number of hydrogen-bond donors (Lipinski definition) is 0. The molecule has 2 saturated heterocycles. The summed E-state index contributed by atoms with van der Waals surface area (Å²) in [6, 6.07) is 0.225. The van der Waals surface area contributed by atoms with Gasteiger partial charge < -0.3 is 14.5 Å². The smallest absolute Gasteiger partial charge is 0.237 e. The molecule has 0 aromatic rings. The summed E-state index contributed by atoms with van der Waals surface area (Å²) in [5.74, 6) is 0.260. The van der Waals surface area contributed by atoms with Gasteiger partial charge in [-0.2, -0.15) is 0 Å². The number of carbonyl (C=O) groups excluding carboxylic acids is 1. The minimum absolute atomic E-state index is 0.225. The first-order valence-corrected chi connectivity index (χ1v) is 7.02. The first-order valence-electron chi connectivity index (χ1n) is 7.02. The summed E-state index contributed by atoms with van der Waals surface area (Å²) in [6.07, 6.45) is 0. The van der Waals surface area contributed by atoms with Gasteiger partial charge >= 0.3 is 0 Å². The quantitative estimate of drug-likeness (QED) is 0.704. The van der Waals surface area contributed by atoms with E-state index in [1.807, 2.05) is 4.90 Å². The SMILES string of the molecule is CCN1CCN(CC(=O)N2CCOCC2C)CC1. The fraction of sp³-hybridized carbons (Fsp3) is 0.923. The molecule has 5 heteroatoms. The van der Waals surface area contributed by atoms with E-state index in [4.69, 9.17) is 4.74 Å². The van der Waals surface area contributed by atoms with Crippen LogP contribution in [0.1, 0.15) is 13.8 Å². The van der Waals surface area contributed by atoms with Crippen molar-refractivity contribution in [2.45, 2.75) is 19.9 Å². The summed E-state index contributed by atoms with van der Waals surface area (Å²) in [4.78, 5) is 18.9. The van der Waals surface area contributed by atoms with Crippen LogP contribution in [0.3, 0.4) is 0 Å². The van der Waals surface area contributed by atoms with E-state index >= 15 is 0 Å². The molecule has 104 valence electrons. The predicted molar refractivity (Wildman–Crippen MR) is 70.5 cm³/mol. The van der Waals surface area contributed by atoms with Gasteiger partial charge in [-0.15, -0.1) is 0 Å². The highest BCUT2D eigenvalue weighted by atomic mass is 16.5. The molecule has 0 spiro atoms. The Bertz CT molecular complexity index is 277. The van der Waals surface area contributed by atoms with Crippen molar-refractivity contribution < 1.29 is 9.53 Å². The lowest BCUT2D eigenvalue weighted by atomic mass is 10.2. The minimum atomic E-state index is 0.225. The second-order valence-corrected chi connectivity index (χ2v) is 5.22. The molecule has 2 rings (SSSR count). The van der Waals surface area contributed by atoms with Crippen molar-refractivity contribution in [3.8, 4) is 0 Å². The van der Waals surface area contributed by atoms with Crippen molar-refractivity contribution in [3.05, 3.63) is 0 Å². The molecule has 1 amide bonds. The van der Waals surface area contributed by atoms with Gasteiger partial charge in [0.1, 0.15) is 0 Å². The summed E-state index contributed by atoms with van der Waals surface area (Å²) in [7, 11) is 0. The number of carbonyl (C=O) groups is 1. The number of rotatable bonds is 3. The van der Waals surface area contributed by atoms with E-state index in [1.165, 1.54) is 0 Å². The standard InChI is InChI=1S/C13H25N3O2/c1-3-14-4-6-15(7-5-14)10-13(17)16-8-9-18-11-12(16)2/h12H,3-11H2,1-2H3. The maximum atomic E-state index is 12.2. The van der Waals surface area contributed by atoms with Gasteiger partial charge in [0, 0.05) is 32.7 Å². The van der Waals surface area contributed by atoms with Crippen LogP contribution >= 0.6 is 0 Å². The van der Waals surface area contributed by atoms with Gasteiger partial charge in [-0.25, -0.2) is 0 Å². The molecule has 2 aliphatic heterocycles. The first-order chi connectivity index (χ1) is 8.70. The normalized spacial score (nSPS) is 27.4. The Balaban J connectivity index is 1.77. The number of likely N-dealkylation sites (N-methyl/N-ethyl adjacent to an activating group) is 1. The van der Waals surface area contributed by atoms with Crippen molar-refractivity contribution in [1.29, 1.82) is 0 Å². The van der Waals surface area contributed by atoms with E-state index < -0.39 is 0 Å². The van der Waals surface area contributed by atoms with Crippen LogP contribution in [0.2, 0.25) is 0 Å². The van der Waals surface area contributed by atoms with Crippen LogP contribution in [0.15, 0.2) is 0 Å².